The number of hydrogen-bond acceptors (Lipinski definition) is 4. The standard InChI is InChI=1S/C58H54N4O/c1-56(2,3)42-28-31-51-50(36-42)49-30-29-48(38-54(49)62(51)55-27-16-17-32-59-55)63-47-24-18-23-45(37-47)60-39-61(53-26-15-14-25-52(53)60)46-34-43(57(4,5)40-19-10-8-11-20-40)33-44(35-46)58(6,7)41-21-12-9-13-22-41/h8-38H,39H2,1-7H3. The van der Waals surface area contributed by atoms with Crippen LogP contribution in [0.5, 0.6) is 11.5 Å². The molecule has 312 valence electrons. The first-order valence-electron chi connectivity index (χ1n) is 22.1. The van der Waals surface area contributed by atoms with Gasteiger partial charge in [-0.2, -0.15) is 0 Å². The molecule has 0 saturated heterocycles. The van der Waals surface area contributed by atoms with E-state index in [2.05, 4.69) is 227 Å². The summed E-state index contributed by atoms with van der Waals surface area (Å²) < 4.78 is 9.02. The number of anilines is 4. The fourth-order valence-electron chi connectivity index (χ4n) is 9.30. The summed E-state index contributed by atoms with van der Waals surface area (Å²) in [5.74, 6) is 2.42. The van der Waals surface area contributed by atoms with Gasteiger partial charge in [0, 0.05) is 51.3 Å². The van der Waals surface area contributed by atoms with Crippen LogP contribution in [0, 0.1) is 0 Å². The van der Waals surface area contributed by atoms with Crippen LogP contribution in [0.25, 0.3) is 27.6 Å². The van der Waals surface area contributed by atoms with Crippen molar-refractivity contribution in [2.45, 2.75) is 64.7 Å². The van der Waals surface area contributed by atoms with Crippen LogP contribution in [0.3, 0.4) is 0 Å². The zero-order chi connectivity index (χ0) is 43.5. The molecule has 0 fully saturated rings. The van der Waals surface area contributed by atoms with Crippen molar-refractivity contribution in [3.05, 3.63) is 216 Å². The Morgan fingerprint density at radius 2 is 1.03 bits per heavy atom. The second-order valence-corrected chi connectivity index (χ2v) is 19.0. The third-order valence-electron chi connectivity index (χ3n) is 13.3. The number of benzene rings is 7. The summed E-state index contributed by atoms with van der Waals surface area (Å²) in [4.78, 5) is 9.64. The largest absolute Gasteiger partial charge is 0.457 e. The maximum absolute atomic E-state index is 6.77. The van der Waals surface area contributed by atoms with Gasteiger partial charge in [-0.25, -0.2) is 4.98 Å². The molecule has 1 aliphatic heterocycles. The third-order valence-corrected chi connectivity index (χ3v) is 13.3. The molecule has 1 aliphatic rings. The van der Waals surface area contributed by atoms with Crippen molar-refractivity contribution in [2.75, 3.05) is 16.5 Å². The summed E-state index contributed by atoms with van der Waals surface area (Å²) in [5, 5.41) is 2.38. The maximum Gasteiger partial charge on any atom is 0.137 e. The third kappa shape index (κ3) is 7.21. The predicted octanol–water partition coefficient (Wildman–Crippen LogP) is 15.2. The van der Waals surface area contributed by atoms with Gasteiger partial charge in [-0.05, 0) is 106 Å². The number of pyridine rings is 1. The molecule has 2 aromatic heterocycles. The molecule has 3 heterocycles. The molecule has 0 N–H and O–H groups in total. The van der Waals surface area contributed by atoms with Crippen molar-refractivity contribution in [1.82, 2.24) is 9.55 Å². The molecule has 0 radical (unpaired) electrons. The molecule has 0 aliphatic carbocycles. The van der Waals surface area contributed by atoms with Gasteiger partial charge in [-0.3, -0.25) is 4.57 Å². The van der Waals surface area contributed by atoms with Gasteiger partial charge < -0.3 is 14.5 Å². The van der Waals surface area contributed by atoms with Gasteiger partial charge in [0.2, 0.25) is 0 Å². The Labute approximate surface area is 371 Å². The zero-order valence-corrected chi connectivity index (χ0v) is 37.3. The van der Waals surface area contributed by atoms with Gasteiger partial charge >= 0.3 is 0 Å². The Kier molecular flexibility index (Phi) is 9.75. The highest BCUT2D eigenvalue weighted by Gasteiger charge is 2.33. The quantitative estimate of drug-likeness (QED) is 0.145. The molecular weight excluding hydrogens is 769 g/mol. The van der Waals surface area contributed by atoms with Crippen LogP contribution < -0.4 is 14.5 Å². The lowest BCUT2D eigenvalue weighted by atomic mass is 9.73. The minimum absolute atomic E-state index is 0.0279. The first kappa shape index (κ1) is 40.0. The van der Waals surface area contributed by atoms with E-state index in [1.54, 1.807) is 0 Å². The average Bonchev–Trinajstić information content (AvgIpc) is 3.85. The molecular formula is C58H54N4O. The summed E-state index contributed by atoms with van der Waals surface area (Å²) in [6.45, 7) is 16.8. The Hall–Kier alpha value is -7.11. The molecule has 0 spiro atoms. The number of nitrogens with zero attached hydrogens (tertiary/aromatic N) is 4. The van der Waals surface area contributed by atoms with Crippen molar-refractivity contribution >= 4 is 44.6 Å². The molecule has 0 amide bonds. The lowest BCUT2D eigenvalue weighted by Crippen LogP contribution is -2.27. The van der Waals surface area contributed by atoms with E-state index in [1.165, 1.54) is 50.0 Å². The van der Waals surface area contributed by atoms with E-state index in [-0.39, 0.29) is 16.2 Å². The second kappa shape index (κ2) is 15.4. The highest BCUT2D eigenvalue weighted by Crippen LogP contribution is 2.48. The summed E-state index contributed by atoms with van der Waals surface area (Å²) >= 11 is 0. The lowest BCUT2D eigenvalue weighted by Gasteiger charge is -2.33. The number of para-hydroxylation sites is 2. The summed E-state index contributed by atoms with van der Waals surface area (Å²) in [5.41, 5.74) is 12.8. The number of rotatable bonds is 9. The molecule has 0 bridgehead atoms. The monoisotopic (exact) mass is 822 g/mol. The van der Waals surface area contributed by atoms with E-state index >= 15 is 0 Å². The highest BCUT2D eigenvalue weighted by molar-refractivity contribution is 6.09. The summed E-state index contributed by atoms with van der Waals surface area (Å²) in [6.07, 6.45) is 1.85. The Balaban J connectivity index is 1.02. The van der Waals surface area contributed by atoms with E-state index < -0.39 is 0 Å². The van der Waals surface area contributed by atoms with Gasteiger partial charge in [0.05, 0.1) is 22.4 Å². The van der Waals surface area contributed by atoms with E-state index in [0.717, 1.165) is 39.7 Å². The molecule has 0 atom stereocenters. The van der Waals surface area contributed by atoms with Gasteiger partial charge in [0.1, 0.15) is 24.0 Å². The van der Waals surface area contributed by atoms with Crippen molar-refractivity contribution < 1.29 is 4.74 Å². The molecule has 0 saturated carbocycles. The van der Waals surface area contributed by atoms with Gasteiger partial charge in [0.25, 0.3) is 0 Å². The Bertz CT molecular complexity index is 3040. The van der Waals surface area contributed by atoms with E-state index in [1.807, 2.05) is 24.4 Å². The van der Waals surface area contributed by atoms with E-state index in [4.69, 9.17) is 9.72 Å². The Morgan fingerprint density at radius 3 is 1.65 bits per heavy atom. The zero-order valence-electron chi connectivity index (χ0n) is 37.3. The van der Waals surface area contributed by atoms with Gasteiger partial charge in [0.15, 0.2) is 0 Å². The SMILES string of the molecule is CC(C)(C)c1ccc2c(c1)c1ccc(Oc3cccc(N4CN(c5cc(C(C)(C)c6ccccc6)cc(C(C)(C)c6ccccc6)c5)c5ccccc54)c3)cc1n2-c1ccccn1. The van der Waals surface area contributed by atoms with Crippen LogP contribution in [-0.4, -0.2) is 16.2 Å². The fraction of sp³-hybridized carbons (Fsp3) is 0.190. The second-order valence-electron chi connectivity index (χ2n) is 19.0. The molecule has 5 heteroatoms. The number of aromatic nitrogens is 2. The number of fused-ring (bicyclic) bond motifs is 4. The van der Waals surface area contributed by atoms with Crippen LogP contribution in [0.4, 0.5) is 22.7 Å². The number of ether oxygens (including phenoxy) is 1. The van der Waals surface area contributed by atoms with E-state index in [0.29, 0.717) is 6.67 Å². The van der Waals surface area contributed by atoms with Crippen LogP contribution in [0.1, 0.15) is 76.3 Å². The first-order chi connectivity index (χ1) is 30.4. The van der Waals surface area contributed by atoms with Crippen molar-refractivity contribution in [2.24, 2.45) is 0 Å². The minimum atomic E-state index is -0.228. The topological polar surface area (TPSA) is 33.5 Å². The minimum Gasteiger partial charge on any atom is -0.457 e. The highest BCUT2D eigenvalue weighted by atomic mass is 16.5. The first-order valence-corrected chi connectivity index (χ1v) is 22.1. The molecule has 9 aromatic rings. The van der Waals surface area contributed by atoms with Crippen LogP contribution in [0.2, 0.25) is 0 Å². The van der Waals surface area contributed by atoms with Gasteiger partial charge in [-0.15, -0.1) is 0 Å². The molecule has 0 unspecified atom stereocenters. The molecule has 10 rings (SSSR count). The Morgan fingerprint density at radius 1 is 0.429 bits per heavy atom. The van der Waals surface area contributed by atoms with Crippen molar-refractivity contribution in [1.29, 1.82) is 0 Å². The van der Waals surface area contributed by atoms with Crippen molar-refractivity contribution in [3.63, 3.8) is 0 Å². The fourth-order valence-corrected chi connectivity index (χ4v) is 9.30. The molecule has 63 heavy (non-hydrogen) atoms. The molecule has 7 aromatic carbocycles. The van der Waals surface area contributed by atoms with Crippen LogP contribution in [0.15, 0.2) is 188 Å². The lowest BCUT2D eigenvalue weighted by molar-refractivity contribution is 0.483. The number of hydrogen-bond donors (Lipinski definition) is 0. The predicted molar refractivity (Wildman–Crippen MR) is 263 cm³/mol. The van der Waals surface area contributed by atoms with E-state index in [9.17, 15) is 0 Å². The van der Waals surface area contributed by atoms with Crippen LogP contribution in [-0.2, 0) is 16.2 Å². The van der Waals surface area contributed by atoms with Crippen LogP contribution >= 0.6 is 0 Å². The normalized spacial score (nSPS) is 13.2. The molecule has 5 nitrogen and oxygen atoms in total. The van der Waals surface area contributed by atoms with Crippen molar-refractivity contribution in [3.8, 4) is 17.3 Å². The van der Waals surface area contributed by atoms with Gasteiger partial charge in [-0.1, -0.05) is 146 Å². The summed E-state index contributed by atoms with van der Waals surface area (Å²) in [7, 11) is 0. The summed E-state index contributed by atoms with van der Waals surface area (Å²) in [6, 6.07) is 65.5. The maximum atomic E-state index is 6.77. The smallest absolute Gasteiger partial charge is 0.137 e. The average molecular weight is 823 g/mol.